The molecule has 0 amide bonds. The molecule has 0 aromatic carbocycles. The van der Waals surface area contributed by atoms with Crippen molar-refractivity contribution in [1.29, 1.82) is 0 Å². The summed E-state index contributed by atoms with van der Waals surface area (Å²) in [6, 6.07) is 0.490. The molecule has 0 aliphatic carbocycles. The molecule has 2 N–H and O–H groups in total. The van der Waals surface area contributed by atoms with Crippen LogP contribution in [0.4, 0.5) is 0 Å². The van der Waals surface area contributed by atoms with Gasteiger partial charge in [0.1, 0.15) is 0 Å². The smallest absolute Gasteiger partial charge is 0.0766 e. The molecule has 0 aliphatic rings. The third kappa shape index (κ3) is 4.43. The van der Waals surface area contributed by atoms with Crippen LogP contribution in [0.3, 0.4) is 0 Å². The highest BCUT2D eigenvalue weighted by molar-refractivity contribution is 4.80. The average Bonchev–Trinajstić information content (AvgIpc) is 2.24. The van der Waals surface area contributed by atoms with E-state index in [4.69, 9.17) is 0 Å². The number of nitrogens with one attached hydrogen (secondary N) is 1. The highest BCUT2D eigenvalue weighted by atomic mass is 16.3. The molecule has 0 spiro atoms. The van der Waals surface area contributed by atoms with Crippen molar-refractivity contribution in [2.24, 2.45) is 5.92 Å². The molecule has 14 heavy (non-hydrogen) atoms. The van der Waals surface area contributed by atoms with Crippen LogP contribution in [0.5, 0.6) is 0 Å². The van der Waals surface area contributed by atoms with E-state index >= 15 is 0 Å². The Balaban J connectivity index is 3.91. The molecule has 2 heteroatoms. The van der Waals surface area contributed by atoms with E-state index in [2.05, 4.69) is 26.1 Å². The van der Waals surface area contributed by atoms with Crippen molar-refractivity contribution in [1.82, 2.24) is 5.32 Å². The molecule has 0 aromatic rings. The highest BCUT2D eigenvalue weighted by Gasteiger charge is 2.23. The van der Waals surface area contributed by atoms with Crippen molar-refractivity contribution in [3.8, 4) is 0 Å². The van der Waals surface area contributed by atoms with E-state index < -0.39 is 5.60 Å². The van der Waals surface area contributed by atoms with Crippen molar-refractivity contribution in [3.05, 3.63) is 0 Å². The van der Waals surface area contributed by atoms with Gasteiger partial charge in [-0.05, 0) is 25.7 Å². The Hall–Kier alpha value is -0.0800. The normalized spacial score (nSPS) is 16.7. The Kier molecular flexibility index (Phi) is 6.38. The Morgan fingerprint density at radius 1 is 1.14 bits per heavy atom. The van der Waals surface area contributed by atoms with Crippen LogP contribution in [0, 0.1) is 5.92 Å². The van der Waals surface area contributed by atoms with Gasteiger partial charge in [0.15, 0.2) is 0 Å². The fourth-order valence-electron chi connectivity index (χ4n) is 1.41. The van der Waals surface area contributed by atoms with Gasteiger partial charge in [-0.3, -0.25) is 0 Å². The second-order valence-corrected chi connectivity index (χ2v) is 4.49. The summed E-state index contributed by atoms with van der Waals surface area (Å²) in [7, 11) is 0. The molecular weight excluding hydrogens is 174 g/mol. The molecule has 0 heterocycles. The van der Waals surface area contributed by atoms with Crippen LogP contribution in [0.15, 0.2) is 0 Å². The molecule has 0 saturated carbocycles. The van der Waals surface area contributed by atoms with Crippen LogP contribution in [-0.2, 0) is 0 Å². The molecule has 86 valence electrons. The topological polar surface area (TPSA) is 32.3 Å². The molecular formula is C12H27NO. The minimum atomic E-state index is -0.512. The lowest BCUT2D eigenvalue weighted by Crippen LogP contribution is -2.44. The third-order valence-corrected chi connectivity index (χ3v) is 3.57. The number of hydrogen-bond acceptors (Lipinski definition) is 2. The second-order valence-electron chi connectivity index (χ2n) is 4.49. The fourth-order valence-corrected chi connectivity index (χ4v) is 1.41. The zero-order chi connectivity index (χ0) is 11.2. The van der Waals surface area contributed by atoms with Gasteiger partial charge in [0.2, 0.25) is 0 Å². The van der Waals surface area contributed by atoms with Gasteiger partial charge in [-0.2, -0.15) is 0 Å². The summed E-state index contributed by atoms with van der Waals surface area (Å²) in [4.78, 5) is 0. The van der Waals surface area contributed by atoms with Gasteiger partial charge >= 0.3 is 0 Å². The molecule has 0 aromatic heterocycles. The van der Waals surface area contributed by atoms with E-state index in [9.17, 15) is 5.11 Å². The molecule has 2 nitrogen and oxygen atoms in total. The Morgan fingerprint density at radius 2 is 1.64 bits per heavy atom. The molecule has 0 bridgehead atoms. The Labute approximate surface area is 89.1 Å². The monoisotopic (exact) mass is 201 g/mol. The molecule has 0 fully saturated rings. The fraction of sp³-hybridized carbons (Fsp3) is 1.00. The van der Waals surface area contributed by atoms with Crippen molar-refractivity contribution >= 4 is 0 Å². The zero-order valence-electron chi connectivity index (χ0n) is 10.4. The summed E-state index contributed by atoms with van der Waals surface area (Å²) in [5.74, 6) is 0.674. The maximum atomic E-state index is 10.1. The third-order valence-electron chi connectivity index (χ3n) is 3.57. The van der Waals surface area contributed by atoms with Gasteiger partial charge in [-0.1, -0.05) is 34.1 Å². The van der Waals surface area contributed by atoms with E-state index in [0.717, 1.165) is 12.8 Å². The van der Waals surface area contributed by atoms with Crippen LogP contribution in [0.1, 0.15) is 53.9 Å². The van der Waals surface area contributed by atoms with Gasteiger partial charge in [0, 0.05) is 12.6 Å². The summed E-state index contributed by atoms with van der Waals surface area (Å²) < 4.78 is 0. The van der Waals surface area contributed by atoms with Gasteiger partial charge in [-0.15, -0.1) is 0 Å². The van der Waals surface area contributed by atoms with Crippen LogP contribution in [-0.4, -0.2) is 23.3 Å². The number of rotatable bonds is 7. The van der Waals surface area contributed by atoms with Crippen molar-refractivity contribution < 1.29 is 5.11 Å². The average molecular weight is 201 g/mol. The quantitative estimate of drug-likeness (QED) is 0.663. The lowest BCUT2D eigenvalue weighted by atomic mass is 9.95. The van der Waals surface area contributed by atoms with Crippen LogP contribution in [0.2, 0.25) is 0 Å². The highest BCUT2D eigenvalue weighted by Crippen LogP contribution is 2.14. The van der Waals surface area contributed by atoms with Crippen LogP contribution in [0.25, 0.3) is 0 Å². The minimum Gasteiger partial charge on any atom is -0.389 e. The molecule has 2 unspecified atom stereocenters. The molecule has 0 radical (unpaired) electrons. The van der Waals surface area contributed by atoms with Crippen molar-refractivity contribution in [2.75, 3.05) is 6.54 Å². The SMILES string of the molecule is CCC(C)C(C)NCC(O)(CC)CC. The van der Waals surface area contributed by atoms with Gasteiger partial charge in [-0.25, -0.2) is 0 Å². The summed E-state index contributed by atoms with van der Waals surface area (Å²) >= 11 is 0. The zero-order valence-corrected chi connectivity index (χ0v) is 10.4. The predicted octanol–water partition coefficient (Wildman–Crippen LogP) is 2.56. The van der Waals surface area contributed by atoms with Crippen molar-refractivity contribution in [2.45, 2.75) is 65.5 Å². The Bertz CT molecular complexity index is 143. The number of hydrogen-bond donors (Lipinski definition) is 2. The van der Waals surface area contributed by atoms with Gasteiger partial charge < -0.3 is 10.4 Å². The van der Waals surface area contributed by atoms with Crippen LogP contribution < -0.4 is 5.32 Å². The molecule has 2 atom stereocenters. The maximum Gasteiger partial charge on any atom is 0.0766 e. The number of aliphatic hydroxyl groups is 1. The van der Waals surface area contributed by atoms with Gasteiger partial charge in [0.25, 0.3) is 0 Å². The first-order valence-corrected chi connectivity index (χ1v) is 5.94. The van der Waals surface area contributed by atoms with E-state index in [1.807, 2.05) is 13.8 Å². The van der Waals surface area contributed by atoms with E-state index in [1.165, 1.54) is 6.42 Å². The first-order chi connectivity index (χ1) is 6.49. The lowest BCUT2D eigenvalue weighted by molar-refractivity contribution is 0.0287. The largest absolute Gasteiger partial charge is 0.389 e. The summed E-state index contributed by atoms with van der Waals surface area (Å²) in [5, 5.41) is 13.5. The van der Waals surface area contributed by atoms with E-state index in [0.29, 0.717) is 18.5 Å². The lowest BCUT2D eigenvalue weighted by Gasteiger charge is -2.29. The van der Waals surface area contributed by atoms with E-state index in [1.54, 1.807) is 0 Å². The van der Waals surface area contributed by atoms with Crippen LogP contribution >= 0.6 is 0 Å². The summed E-state index contributed by atoms with van der Waals surface area (Å²) in [6.07, 6.45) is 2.83. The first-order valence-electron chi connectivity index (χ1n) is 5.94. The minimum absolute atomic E-state index is 0.490. The Morgan fingerprint density at radius 3 is 2.00 bits per heavy atom. The first kappa shape index (κ1) is 13.9. The standard InChI is InChI=1S/C12H27NO/c1-6-10(4)11(5)13-9-12(14,7-2)8-3/h10-11,13-14H,6-9H2,1-5H3. The van der Waals surface area contributed by atoms with Gasteiger partial charge in [0.05, 0.1) is 5.60 Å². The maximum absolute atomic E-state index is 10.1. The molecule has 0 rings (SSSR count). The summed E-state index contributed by atoms with van der Waals surface area (Å²) in [6.45, 7) is 11.4. The second kappa shape index (κ2) is 6.41. The predicted molar refractivity (Wildman–Crippen MR) is 62.5 cm³/mol. The van der Waals surface area contributed by atoms with E-state index in [-0.39, 0.29) is 0 Å². The molecule has 0 saturated heterocycles. The summed E-state index contributed by atoms with van der Waals surface area (Å²) in [5.41, 5.74) is -0.512. The molecule has 0 aliphatic heterocycles. The van der Waals surface area contributed by atoms with Crippen molar-refractivity contribution in [3.63, 3.8) is 0 Å².